The van der Waals surface area contributed by atoms with E-state index in [-0.39, 0.29) is 5.69 Å². The minimum atomic E-state index is -0.415. The van der Waals surface area contributed by atoms with Gasteiger partial charge >= 0.3 is 0 Å². The fraction of sp³-hybridized carbons (Fsp3) is 0.200. The van der Waals surface area contributed by atoms with Crippen LogP contribution in [0.3, 0.4) is 0 Å². The SMILES string of the molecule is COCc1cccc(CNc2ccc([N+](=O)[O-])c(Br)c2)c1. The van der Waals surface area contributed by atoms with Crippen molar-refractivity contribution >= 4 is 27.3 Å². The molecule has 0 aliphatic heterocycles. The first-order valence-corrected chi connectivity index (χ1v) is 7.14. The zero-order valence-corrected chi connectivity index (χ0v) is 13.1. The summed E-state index contributed by atoms with van der Waals surface area (Å²) < 4.78 is 5.57. The highest BCUT2D eigenvalue weighted by Gasteiger charge is 2.11. The molecule has 0 aliphatic carbocycles. The number of hydrogen-bond donors (Lipinski definition) is 1. The number of nitrogens with one attached hydrogen (secondary N) is 1. The summed E-state index contributed by atoms with van der Waals surface area (Å²) >= 11 is 3.21. The fourth-order valence-corrected chi connectivity index (χ4v) is 2.49. The maximum Gasteiger partial charge on any atom is 0.283 e. The van der Waals surface area contributed by atoms with Crippen LogP contribution in [0.2, 0.25) is 0 Å². The molecule has 0 fully saturated rings. The third kappa shape index (κ3) is 4.27. The summed E-state index contributed by atoms with van der Waals surface area (Å²) in [4.78, 5) is 10.3. The Morgan fingerprint density at radius 2 is 2.00 bits per heavy atom. The fourth-order valence-electron chi connectivity index (χ4n) is 1.97. The molecule has 0 spiro atoms. The molecular formula is C15H15BrN2O3. The van der Waals surface area contributed by atoms with Crippen molar-refractivity contribution in [2.24, 2.45) is 0 Å². The minimum Gasteiger partial charge on any atom is -0.381 e. The Morgan fingerprint density at radius 1 is 1.24 bits per heavy atom. The number of nitro benzene ring substituents is 1. The van der Waals surface area contributed by atoms with Gasteiger partial charge in [-0.3, -0.25) is 10.1 Å². The summed E-state index contributed by atoms with van der Waals surface area (Å²) in [5.41, 5.74) is 3.12. The average Bonchev–Trinajstić information content (AvgIpc) is 2.45. The number of ether oxygens (including phenoxy) is 1. The van der Waals surface area contributed by atoms with Crippen LogP contribution in [-0.4, -0.2) is 12.0 Å². The van der Waals surface area contributed by atoms with Crippen molar-refractivity contribution in [1.29, 1.82) is 0 Å². The zero-order chi connectivity index (χ0) is 15.2. The molecule has 5 nitrogen and oxygen atoms in total. The van der Waals surface area contributed by atoms with Gasteiger partial charge in [0.05, 0.1) is 16.0 Å². The number of hydrogen-bond acceptors (Lipinski definition) is 4. The third-order valence-electron chi connectivity index (χ3n) is 2.94. The van der Waals surface area contributed by atoms with Crippen molar-refractivity contribution in [3.63, 3.8) is 0 Å². The number of benzene rings is 2. The summed E-state index contributed by atoms with van der Waals surface area (Å²) in [5, 5.41) is 14.0. The monoisotopic (exact) mass is 350 g/mol. The van der Waals surface area contributed by atoms with Crippen molar-refractivity contribution in [3.8, 4) is 0 Å². The number of anilines is 1. The highest BCUT2D eigenvalue weighted by molar-refractivity contribution is 9.10. The van der Waals surface area contributed by atoms with E-state index in [1.165, 1.54) is 6.07 Å². The average molecular weight is 351 g/mol. The maximum atomic E-state index is 10.8. The first-order valence-electron chi connectivity index (χ1n) is 6.34. The second-order valence-electron chi connectivity index (χ2n) is 4.53. The molecule has 110 valence electrons. The molecule has 0 saturated carbocycles. The Morgan fingerprint density at radius 3 is 2.67 bits per heavy atom. The van der Waals surface area contributed by atoms with Crippen molar-refractivity contribution in [2.75, 3.05) is 12.4 Å². The van der Waals surface area contributed by atoms with E-state index in [1.54, 1.807) is 19.2 Å². The van der Waals surface area contributed by atoms with Crippen LogP contribution in [0.15, 0.2) is 46.9 Å². The first kappa shape index (κ1) is 15.5. The van der Waals surface area contributed by atoms with Crippen molar-refractivity contribution in [1.82, 2.24) is 0 Å². The Balaban J connectivity index is 2.04. The van der Waals surface area contributed by atoms with Crippen LogP contribution >= 0.6 is 15.9 Å². The molecule has 0 radical (unpaired) electrons. The molecule has 0 heterocycles. The Hall–Kier alpha value is -1.92. The second-order valence-corrected chi connectivity index (χ2v) is 5.38. The van der Waals surface area contributed by atoms with E-state index in [1.807, 2.05) is 18.2 Å². The van der Waals surface area contributed by atoms with E-state index in [4.69, 9.17) is 4.74 Å². The maximum absolute atomic E-state index is 10.8. The lowest BCUT2D eigenvalue weighted by Gasteiger charge is -2.08. The van der Waals surface area contributed by atoms with Gasteiger partial charge in [-0.15, -0.1) is 0 Å². The summed E-state index contributed by atoms with van der Waals surface area (Å²) in [5.74, 6) is 0. The standard InChI is InChI=1S/C15H15BrN2O3/c1-21-10-12-4-2-3-11(7-12)9-17-13-5-6-15(18(19)20)14(16)8-13/h2-8,17H,9-10H2,1H3. The summed E-state index contributed by atoms with van der Waals surface area (Å²) in [6.45, 7) is 1.22. The van der Waals surface area contributed by atoms with E-state index in [0.29, 0.717) is 17.6 Å². The summed E-state index contributed by atoms with van der Waals surface area (Å²) in [7, 11) is 1.67. The molecule has 0 unspecified atom stereocenters. The van der Waals surface area contributed by atoms with Crippen LogP contribution in [-0.2, 0) is 17.9 Å². The summed E-state index contributed by atoms with van der Waals surface area (Å²) in [6, 6.07) is 13.0. The molecule has 0 aliphatic rings. The smallest absolute Gasteiger partial charge is 0.283 e. The number of halogens is 1. The van der Waals surface area contributed by atoms with Gasteiger partial charge in [0.25, 0.3) is 5.69 Å². The zero-order valence-electron chi connectivity index (χ0n) is 11.5. The van der Waals surface area contributed by atoms with Crippen molar-refractivity contribution in [3.05, 3.63) is 68.2 Å². The van der Waals surface area contributed by atoms with Gasteiger partial charge in [0.15, 0.2) is 0 Å². The van der Waals surface area contributed by atoms with Crippen LogP contribution in [0.5, 0.6) is 0 Å². The van der Waals surface area contributed by atoms with Gasteiger partial charge in [0.2, 0.25) is 0 Å². The molecule has 2 aromatic rings. The Kier molecular flexibility index (Phi) is 5.30. The van der Waals surface area contributed by atoms with Gasteiger partial charge in [-0.25, -0.2) is 0 Å². The predicted octanol–water partition coefficient (Wildman–Crippen LogP) is 4.12. The minimum absolute atomic E-state index is 0.0580. The van der Waals surface area contributed by atoms with Gasteiger partial charge in [0.1, 0.15) is 0 Å². The van der Waals surface area contributed by atoms with E-state index < -0.39 is 4.92 Å². The highest BCUT2D eigenvalue weighted by atomic mass is 79.9. The first-order chi connectivity index (χ1) is 10.1. The van der Waals surface area contributed by atoms with E-state index in [2.05, 4.69) is 27.3 Å². The highest BCUT2D eigenvalue weighted by Crippen LogP contribution is 2.27. The molecule has 6 heteroatoms. The predicted molar refractivity (Wildman–Crippen MR) is 85.3 cm³/mol. The van der Waals surface area contributed by atoms with Crippen LogP contribution in [0, 0.1) is 10.1 Å². The molecule has 0 amide bonds. The van der Waals surface area contributed by atoms with Crippen LogP contribution < -0.4 is 5.32 Å². The third-order valence-corrected chi connectivity index (χ3v) is 3.58. The van der Waals surface area contributed by atoms with E-state index >= 15 is 0 Å². The molecule has 21 heavy (non-hydrogen) atoms. The quantitative estimate of drug-likeness (QED) is 0.628. The second kappa shape index (κ2) is 7.19. The number of methoxy groups -OCH3 is 1. The van der Waals surface area contributed by atoms with Crippen molar-refractivity contribution in [2.45, 2.75) is 13.2 Å². The number of nitro groups is 1. The lowest BCUT2D eigenvalue weighted by molar-refractivity contribution is -0.385. The van der Waals surface area contributed by atoms with Crippen molar-refractivity contribution < 1.29 is 9.66 Å². The molecule has 2 aromatic carbocycles. The molecule has 1 N–H and O–H groups in total. The normalized spacial score (nSPS) is 10.4. The lowest BCUT2D eigenvalue weighted by Crippen LogP contribution is -2.01. The molecule has 0 aromatic heterocycles. The number of nitrogens with zero attached hydrogens (tertiary/aromatic N) is 1. The molecular weight excluding hydrogens is 336 g/mol. The molecule has 0 bridgehead atoms. The van der Waals surface area contributed by atoms with Gasteiger partial charge in [-0.05, 0) is 39.2 Å². The van der Waals surface area contributed by atoms with Gasteiger partial charge < -0.3 is 10.1 Å². The molecule has 2 rings (SSSR count). The largest absolute Gasteiger partial charge is 0.381 e. The van der Waals surface area contributed by atoms with E-state index in [9.17, 15) is 10.1 Å². The van der Waals surface area contributed by atoms with Gasteiger partial charge in [-0.1, -0.05) is 24.3 Å². The summed E-state index contributed by atoms with van der Waals surface area (Å²) in [6.07, 6.45) is 0. The van der Waals surface area contributed by atoms with Crippen LogP contribution in [0.25, 0.3) is 0 Å². The Bertz CT molecular complexity index is 647. The molecule has 0 atom stereocenters. The van der Waals surface area contributed by atoms with Crippen LogP contribution in [0.4, 0.5) is 11.4 Å². The topological polar surface area (TPSA) is 64.4 Å². The van der Waals surface area contributed by atoms with Gasteiger partial charge in [-0.2, -0.15) is 0 Å². The van der Waals surface area contributed by atoms with Crippen LogP contribution in [0.1, 0.15) is 11.1 Å². The lowest BCUT2D eigenvalue weighted by atomic mass is 10.1. The van der Waals surface area contributed by atoms with Gasteiger partial charge in [0, 0.05) is 25.4 Å². The van der Waals surface area contributed by atoms with E-state index in [0.717, 1.165) is 16.8 Å². The Labute approximate surface area is 131 Å². The number of rotatable bonds is 6. The molecule has 0 saturated heterocycles.